The van der Waals surface area contributed by atoms with Crippen LogP contribution in [0.2, 0.25) is 0 Å². The van der Waals surface area contributed by atoms with Crippen molar-refractivity contribution < 1.29 is 0 Å². The number of azide groups is 1. The summed E-state index contributed by atoms with van der Waals surface area (Å²) in [6.45, 7) is 0. The van der Waals surface area contributed by atoms with Crippen molar-refractivity contribution in [2.75, 3.05) is 0 Å². The molecule has 0 N–H and O–H groups in total. The summed E-state index contributed by atoms with van der Waals surface area (Å²) in [6, 6.07) is 17.2. The van der Waals surface area contributed by atoms with Gasteiger partial charge in [-0.1, -0.05) is 36.4 Å². The van der Waals surface area contributed by atoms with Gasteiger partial charge < -0.3 is 0 Å². The van der Waals surface area contributed by atoms with E-state index in [1.54, 1.807) is 4.68 Å². The van der Waals surface area contributed by atoms with Gasteiger partial charge in [0.15, 0.2) is 0 Å². The molecule has 0 amide bonds. The Labute approximate surface area is 103 Å². The van der Waals surface area contributed by atoms with Crippen molar-refractivity contribution in [3.8, 4) is 5.69 Å². The molecular formula is C13H9N5. The first-order valence-corrected chi connectivity index (χ1v) is 5.48. The van der Waals surface area contributed by atoms with E-state index in [0.717, 1.165) is 16.6 Å². The van der Waals surface area contributed by atoms with Crippen LogP contribution < -0.4 is 0 Å². The molecule has 0 aliphatic carbocycles. The summed E-state index contributed by atoms with van der Waals surface area (Å²) in [5.41, 5.74) is 10.4. The van der Waals surface area contributed by atoms with E-state index >= 15 is 0 Å². The average molecular weight is 235 g/mol. The van der Waals surface area contributed by atoms with Crippen LogP contribution in [-0.4, -0.2) is 9.78 Å². The first-order chi connectivity index (χ1) is 8.90. The summed E-state index contributed by atoms with van der Waals surface area (Å²) >= 11 is 0. The second kappa shape index (κ2) is 4.24. The largest absolute Gasteiger partial charge is 0.230 e. The summed E-state index contributed by atoms with van der Waals surface area (Å²) in [7, 11) is 0. The predicted octanol–water partition coefficient (Wildman–Crippen LogP) is 3.97. The molecule has 0 atom stereocenters. The van der Waals surface area contributed by atoms with Crippen molar-refractivity contribution in [1.82, 2.24) is 9.78 Å². The number of para-hydroxylation sites is 1. The zero-order chi connectivity index (χ0) is 12.4. The molecule has 0 saturated heterocycles. The van der Waals surface area contributed by atoms with Crippen LogP contribution >= 0.6 is 0 Å². The third kappa shape index (κ3) is 1.59. The topological polar surface area (TPSA) is 66.6 Å². The molecule has 5 nitrogen and oxygen atoms in total. The van der Waals surface area contributed by atoms with Gasteiger partial charge in [-0.2, -0.15) is 5.10 Å². The quantitative estimate of drug-likeness (QED) is 0.376. The summed E-state index contributed by atoms with van der Waals surface area (Å²) in [5, 5.41) is 9.05. The highest BCUT2D eigenvalue weighted by atomic mass is 15.4. The number of nitrogens with zero attached hydrogens (tertiary/aromatic N) is 5. The number of fused-ring (bicyclic) bond motifs is 1. The molecule has 0 radical (unpaired) electrons. The zero-order valence-electron chi connectivity index (χ0n) is 9.43. The van der Waals surface area contributed by atoms with Gasteiger partial charge in [-0.05, 0) is 28.8 Å². The Kier molecular flexibility index (Phi) is 2.44. The smallest absolute Gasteiger partial charge is 0.138 e. The first-order valence-electron chi connectivity index (χ1n) is 5.48. The van der Waals surface area contributed by atoms with E-state index in [1.165, 1.54) is 0 Å². The lowest BCUT2D eigenvalue weighted by Crippen LogP contribution is -1.94. The Bertz CT molecular complexity index is 738. The van der Waals surface area contributed by atoms with Gasteiger partial charge in [0, 0.05) is 10.3 Å². The van der Waals surface area contributed by atoms with E-state index in [2.05, 4.69) is 15.1 Å². The van der Waals surface area contributed by atoms with Gasteiger partial charge in [-0.25, -0.2) is 4.68 Å². The van der Waals surface area contributed by atoms with E-state index < -0.39 is 0 Å². The molecule has 3 rings (SSSR count). The molecule has 0 spiro atoms. The number of benzene rings is 2. The van der Waals surface area contributed by atoms with Crippen LogP contribution in [0.3, 0.4) is 0 Å². The second-order valence-electron chi connectivity index (χ2n) is 3.78. The number of hydrogen-bond acceptors (Lipinski definition) is 2. The Morgan fingerprint density at radius 3 is 2.50 bits per heavy atom. The molecule has 1 heterocycles. The molecule has 0 aliphatic rings. The summed E-state index contributed by atoms with van der Waals surface area (Å²) < 4.78 is 1.66. The highest BCUT2D eigenvalue weighted by Gasteiger charge is 2.10. The molecule has 0 bridgehead atoms. The van der Waals surface area contributed by atoms with Gasteiger partial charge in [-0.15, -0.1) is 0 Å². The van der Waals surface area contributed by atoms with Crippen LogP contribution in [-0.2, 0) is 0 Å². The van der Waals surface area contributed by atoms with E-state index in [1.807, 2.05) is 54.6 Å². The molecular weight excluding hydrogens is 226 g/mol. The van der Waals surface area contributed by atoms with Gasteiger partial charge in [0.1, 0.15) is 5.82 Å². The minimum atomic E-state index is 0.513. The minimum absolute atomic E-state index is 0.513. The number of hydrogen-bond donors (Lipinski definition) is 0. The van der Waals surface area contributed by atoms with Gasteiger partial charge >= 0.3 is 0 Å². The van der Waals surface area contributed by atoms with E-state index in [-0.39, 0.29) is 0 Å². The molecule has 1 aromatic heterocycles. The fraction of sp³-hybridized carbons (Fsp3) is 0. The lowest BCUT2D eigenvalue weighted by Gasteiger charge is -2.02. The fourth-order valence-electron chi connectivity index (χ4n) is 1.91. The lowest BCUT2D eigenvalue weighted by atomic mass is 10.2. The molecule has 0 fully saturated rings. The van der Waals surface area contributed by atoms with Gasteiger partial charge in [0.25, 0.3) is 0 Å². The van der Waals surface area contributed by atoms with Crippen LogP contribution in [0.15, 0.2) is 59.7 Å². The minimum Gasteiger partial charge on any atom is -0.230 e. The van der Waals surface area contributed by atoms with Crippen molar-refractivity contribution in [2.45, 2.75) is 0 Å². The Balaban J connectivity index is 2.35. The summed E-state index contributed by atoms with van der Waals surface area (Å²) in [6.07, 6.45) is 0. The molecule has 18 heavy (non-hydrogen) atoms. The molecule has 0 aliphatic heterocycles. The SMILES string of the molecule is [N-]=[N+]=Nc1c2ccccc2nn1-c1ccccc1. The number of aromatic nitrogens is 2. The molecule has 3 aromatic rings. The molecule has 86 valence electrons. The van der Waals surface area contributed by atoms with E-state index in [9.17, 15) is 0 Å². The van der Waals surface area contributed by atoms with Crippen LogP contribution in [0, 0.1) is 0 Å². The monoisotopic (exact) mass is 235 g/mol. The molecule has 0 unspecified atom stereocenters. The van der Waals surface area contributed by atoms with E-state index in [0.29, 0.717) is 5.82 Å². The third-order valence-corrected chi connectivity index (χ3v) is 2.69. The average Bonchev–Trinajstić information content (AvgIpc) is 2.80. The third-order valence-electron chi connectivity index (χ3n) is 2.69. The summed E-state index contributed by atoms with van der Waals surface area (Å²) in [5.74, 6) is 0.513. The fourth-order valence-corrected chi connectivity index (χ4v) is 1.91. The maximum absolute atomic E-state index is 8.69. The maximum Gasteiger partial charge on any atom is 0.138 e. The number of rotatable bonds is 2. The van der Waals surface area contributed by atoms with Crippen molar-refractivity contribution in [1.29, 1.82) is 0 Å². The first kappa shape index (κ1) is 10.4. The van der Waals surface area contributed by atoms with Crippen molar-refractivity contribution >= 4 is 16.7 Å². The van der Waals surface area contributed by atoms with E-state index in [4.69, 9.17) is 5.53 Å². The van der Waals surface area contributed by atoms with Gasteiger partial charge in [-0.3, -0.25) is 0 Å². The van der Waals surface area contributed by atoms with Crippen LogP contribution in [0.5, 0.6) is 0 Å². The van der Waals surface area contributed by atoms with Crippen LogP contribution in [0.25, 0.3) is 27.0 Å². The van der Waals surface area contributed by atoms with Crippen LogP contribution in [0.1, 0.15) is 0 Å². The van der Waals surface area contributed by atoms with Gasteiger partial charge in [0.05, 0.1) is 11.2 Å². The molecule has 2 aromatic carbocycles. The highest BCUT2D eigenvalue weighted by Crippen LogP contribution is 2.28. The Hall–Kier alpha value is -2.78. The summed E-state index contributed by atoms with van der Waals surface area (Å²) in [4.78, 5) is 2.88. The lowest BCUT2D eigenvalue weighted by molar-refractivity contribution is 0.894. The Morgan fingerprint density at radius 2 is 1.72 bits per heavy atom. The zero-order valence-corrected chi connectivity index (χ0v) is 9.43. The van der Waals surface area contributed by atoms with Crippen molar-refractivity contribution in [3.05, 3.63) is 65.0 Å². The van der Waals surface area contributed by atoms with Crippen molar-refractivity contribution in [2.24, 2.45) is 5.11 Å². The normalized spacial score (nSPS) is 10.2. The highest BCUT2D eigenvalue weighted by molar-refractivity contribution is 5.89. The Morgan fingerprint density at radius 1 is 1.00 bits per heavy atom. The standard InChI is InChI=1S/C13H9N5/c14-17-15-13-11-8-4-5-9-12(11)16-18(13)10-6-2-1-3-7-10/h1-9H. The van der Waals surface area contributed by atoms with Gasteiger partial charge in [0.2, 0.25) is 0 Å². The van der Waals surface area contributed by atoms with Crippen LogP contribution in [0.4, 0.5) is 5.82 Å². The van der Waals surface area contributed by atoms with Crippen molar-refractivity contribution in [3.63, 3.8) is 0 Å². The maximum atomic E-state index is 8.69. The molecule has 0 saturated carbocycles. The second-order valence-corrected chi connectivity index (χ2v) is 3.78. The predicted molar refractivity (Wildman–Crippen MR) is 69.9 cm³/mol. The molecule has 5 heteroatoms.